The van der Waals surface area contributed by atoms with E-state index in [1.165, 1.54) is 6.07 Å². The lowest BCUT2D eigenvalue weighted by molar-refractivity contribution is -0.151. The van der Waals surface area contributed by atoms with Crippen molar-refractivity contribution >= 4 is 5.97 Å². The molecule has 0 fully saturated rings. The van der Waals surface area contributed by atoms with Crippen LogP contribution in [-0.4, -0.2) is 22.8 Å². The SMILES string of the molecule is CCOC(=O)[C@H](C)[C@@H](O)c1ccccc1O. The molecule has 0 bridgehead atoms. The maximum atomic E-state index is 11.4. The third-order valence-electron chi connectivity index (χ3n) is 2.39. The van der Waals surface area contributed by atoms with Crippen LogP contribution < -0.4 is 0 Å². The summed E-state index contributed by atoms with van der Waals surface area (Å²) in [5.74, 6) is -1.20. The summed E-state index contributed by atoms with van der Waals surface area (Å²) in [6, 6.07) is 6.39. The molecule has 0 aliphatic heterocycles. The average molecular weight is 224 g/mol. The molecule has 16 heavy (non-hydrogen) atoms. The molecule has 88 valence electrons. The summed E-state index contributed by atoms with van der Waals surface area (Å²) in [4.78, 5) is 11.4. The van der Waals surface area contributed by atoms with Crippen molar-refractivity contribution < 1.29 is 19.7 Å². The molecule has 1 aromatic carbocycles. The van der Waals surface area contributed by atoms with Gasteiger partial charge in [-0.25, -0.2) is 0 Å². The summed E-state index contributed by atoms with van der Waals surface area (Å²) in [5, 5.41) is 19.4. The highest BCUT2D eigenvalue weighted by molar-refractivity contribution is 5.73. The fourth-order valence-electron chi connectivity index (χ4n) is 1.41. The number of hydrogen-bond donors (Lipinski definition) is 2. The lowest BCUT2D eigenvalue weighted by Gasteiger charge is -2.18. The fourth-order valence-corrected chi connectivity index (χ4v) is 1.41. The maximum absolute atomic E-state index is 11.4. The Bertz CT molecular complexity index is 362. The van der Waals surface area contributed by atoms with Crippen LogP contribution in [0.15, 0.2) is 24.3 Å². The standard InChI is InChI=1S/C12H16O4/c1-3-16-12(15)8(2)11(14)9-6-4-5-7-10(9)13/h4-8,11,13-14H,3H2,1-2H3/t8-,11-/m1/s1. The van der Waals surface area contributed by atoms with Crippen molar-refractivity contribution in [2.75, 3.05) is 6.61 Å². The predicted molar refractivity (Wildman–Crippen MR) is 58.9 cm³/mol. The number of rotatable bonds is 4. The minimum Gasteiger partial charge on any atom is -0.508 e. The number of ether oxygens (including phenoxy) is 1. The van der Waals surface area contributed by atoms with Gasteiger partial charge in [0.15, 0.2) is 0 Å². The van der Waals surface area contributed by atoms with E-state index in [-0.39, 0.29) is 12.4 Å². The molecule has 0 amide bonds. The highest BCUT2D eigenvalue weighted by Crippen LogP contribution is 2.29. The molecule has 1 rings (SSSR count). The van der Waals surface area contributed by atoms with E-state index in [4.69, 9.17) is 4.74 Å². The third-order valence-corrected chi connectivity index (χ3v) is 2.39. The van der Waals surface area contributed by atoms with E-state index in [0.717, 1.165) is 0 Å². The van der Waals surface area contributed by atoms with Crippen LogP contribution in [0.2, 0.25) is 0 Å². The Kier molecular flexibility index (Phi) is 4.31. The predicted octanol–water partition coefficient (Wildman–Crippen LogP) is 1.62. The molecular weight excluding hydrogens is 208 g/mol. The highest BCUT2D eigenvalue weighted by atomic mass is 16.5. The Labute approximate surface area is 94.5 Å². The normalized spacial score (nSPS) is 14.2. The monoisotopic (exact) mass is 224 g/mol. The first-order valence-electron chi connectivity index (χ1n) is 5.20. The van der Waals surface area contributed by atoms with Crippen molar-refractivity contribution in [3.63, 3.8) is 0 Å². The molecule has 4 heteroatoms. The van der Waals surface area contributed by atoms with Gasteiger partial charge in [-0.15, -0.1) is 0 Å². The van der Waals surface area contributed by atoms with Gasteiger partial charge in [0, 0.05) is 5.56 Å². The lowest BCUT2D eigenvalue weighted by atomic mass is 9.97. The quantitative estimate of drug-likeness (QED) is 0.763. The molecule has 2 atom stereocenters. The zero-order valence-electron chi connectivity index (χ0n) is 9.38. The summed E-state index contributed by atoms with van der Waals surface area (Å²) < 4.78 is 4.81. The second-order valence-electron chi connectivity index (χ2n) is 3.54. The molecule has 0 unspecified atom stereocenters. The van der Waals surface area contributed by atoms with Crippen LogP contribution in [0.4, 0.5) is 0 Å². The number of aliphatic hydroxyl groups is 1. The second kappa shape index (κ2) is 5.51. The van der Waals surface area contributed by atoms with Crippen molar-refractivity contribution in [3.05, 3.63) is 29.8 Å². The average Bonchev–Trinajstić information content (AvgIpc) is 2.28. The summed E-state index contributed by atoms with van der Waals surface area (Å²) in [6.45, 7) is 3.54. The molecule has 0 saturated heterocycles. The van der Waals surface area contributed by atoms with Gasteiger partial charge in [0.05, 0.1) is 18.6 Å². The number of phenols is 1. The van der Waals surface area contributed by atoms with Crippen LogP contribution in [0.3, 0.4) is 0 Å². The number of para-hydroxylation sites is 1. The van der Waals surface area contributed by atoms with E-state index in [1.807, 2.05) is 0 Å². The van der Waals surface area contributed by atoms with E-state index in [9.17, 15) is 15.0 Å². The molecule has 0 radical (unpaired) electrons. The van der Waals surface area contributed by atoms with Crippen LogP contribution in [0, 0.1) is 5.92 Å². The zero-order chi connectivity index (χ0) is 12.1. The number of aliphatic hydroxyl groups excluding tert-OH is 1. The van der Waals surface area contributed by atoms with Crippen LogP contribution >= 0.6 is 0 Å². The van der Waals surface area contributed by atoms with E-state index < -0.39 is 18.0 Å². The zero-order valence-corrected chi connectivity index (χ0v) is 9.38. The fraction of sp³-hybridized carbons (Fsp3) is 0.417. The van der Waals surface area contributed by atoms with Gasteiger partial charge >= 0.3 is 5.97 Å². The summed E-state index contributed by atoms with van der Waals surface area (Å²) in [5.41, 5.74) is 0.336. The van der Waals surface area contributed by atoms with Crippen LogP contribution in [0.25, 0.3) is 0 Å². The topological polar surface area (TPSA) is 66.8 Å². The van der Waals surface area contributed by atoms with Crippen LogP contribution in [-0.2, 0) is 9.53 Å². The van der Waals surface area contributed by atoms with E-state index >= 15 is 0 Å². The Hall–Kier alpha value is -1.55. The number of benzene rings is 1. The summed E-state index contributed by atoms with van der Waals surface area (Å²) in [6.07, 6.45) is -1.06. The van der Waals surface area contributed by atoms with Crippen LogP contribution in [0.1, 0.15) is 25.5 Å². The van der Waals surface area contributed by atoms with Gasteiger partial charge in [0.2, 0.25) is 0 Å². The Morgan fingerprint density at radius 3 is 2.62 bits per heavy atom. The number of carbonyl (C=O) groups excluding carboxylic acids is 1. The first-order valence-corrected chi connectivity index (χ1v) is 5.20. The molecule has 1 aromatic rings. The van der Waals surface area contributed by atoms with Crippen LogP contribution in [0.5, 0.6) is 5.75 Å². The lowest BCUT2D eigenvalue weighted by Crippen LogP contribution is -2.21. The minimum absolute atomic E-state index is 0.0221. The van der Waals surface area contributed by atoms with Crippen molar-refractivity contribution in [1.82, 2.24) is 0 Å². The molecular formula is C12H16O4. The summed E-state index contributed by atoms with van der Waals surface area (Å²) >= 11 is 0. The van der Waals surface area contributed by atoms with Gasteiger partial charge in [-0.05, 0) is 19.9 Å². The first kappa shape index (κ1) is 12.5. The van der Waals surface area contributed by atoms with E-state index in [1.54, 1.807) is 32.0 Å². The molecule has 4 nitrogen and oxygen atoms in total. The molecule has 0 aliphatic rings. The van der Waals surface area contributed by atoms with Crippen molar-refractivity contribution in [1.29, 1.82) is 0 Å². The first-order chi connectivity index (χ1) is 7.57. The third kappa shape index (κ3) is 2.73. The molecule has 0 saturated carbocycles. The number of aromatic hydroxyl groups is 1. The summed E-state index contributed by atoms with van der Waals surface area (Å²) in [7, 11) is 0. The van der Waals surface area contributed by atoms with Gasteiger partial charge in [0.1, 0.15) is 5.75 Å². The number of esters is 1. The Morgan fingerprint density at radius 2 is 2.06 bits per heavy atom. The largest absolute Gasteiger partial charge is 0.508 e. The van der Waals surface area contributed by atoms with Gasteiger partial charge in [0.25, 0.3) is 0 Å². The van der Waals surface area contributed by atoms with E-state index in [2.05, 4.69) is 0 Å². The second-order valence-corrected chi connectivity index (χ2v) is 3.54. The Morgan fingerprint density at radius 1 is 1.44 bits per heavy atom. The molecule has 0 aliphatic carbocycles. The van der Waals surface area contributed by atoms with Crippen molar-refractivity contribution in [2.24, 2.45) is 5.92 Å². The smallest absolute Gasteiger partial charge is 0.311 e. The minimum atomic E-state index is -1.06. The molecule has 0 spiro atoms. The molecule has 2 N–H and O–H groups in total. The van der Waals surface area contributed by atoms with Gasteiger partial charge in [-0.3, -0.25) is 4.79 Å². The van der Waals surface area contributed by atoms with Gasteiger partial charge in [-0.2, -0.15) is 0 Å². The van der Waals surface area contributed by atoms with Crippen molar-refractivity contribution in [3.8, 4) is 5.75 Å². The number of phenolic OH excluding ortho intramolecular Hbond substituents is 1. The molecule has 0 heterocycles. The van der Waals surface area contributed by atoms with Gasteiger partial charge in [-0.1, -0.05) is 18.2 Å². The molecule has 0 aromatic heterocycles. The highest BCUT2D eigenvalue weighted by Gasteiger charge is 2.26. The van der Waals surface area contributed by atoms with Crippen molar-refractivity contribution in [2.45, 2.75) is 20.0 Å². The maximum Gasteiger partial charge on any atom is 0.311 e. The Balaban J connectivity index is 2.82. The number of carbonyl (C=O) groups is 1. The van der Waals surface area contributed by atoms with Gasteiger partial charge < -0.3 is 14.9 Å². The van der Waals surface area contributed by atoms with E-state index in [0.29, 0.717) is 5.56 Å². The number of hydrogen-bond acceptors (Lipinski definition) is 4.